The second-order valence-corrected chi connectivity index (χ2v) is 6.06. The van der Waals surface area contributed by atoms with Gasteiger partial charge in [0.05, 0.1) is 28.0 Å². The predicted octanol–water partition coefficient (Wildman–Crippen LogP) is 4.41. The molecule has 0 radical (unpaired) electrons. The van der Waals surface area contributed by atoms with Crippen LogP contribution in [-0.4, -0.2) is 17.1 Å². The van der Waals surface area contributed by atoms with Crippen LogP contribution in [-0.2, 0) is 0 Å². The maximum atomic E-state index is 13.7. The minimum Gasteiger partial charge on any atom is -0.267 e. The molecule has 1 amide bonds. The van der Waals surface area contributed by atoms with E-state index >= 15 is 0 Å². The molecule has 0 atom stereocenters. The van der Waals surface area contributed by atoms with E-state index in [0.29, 0.717) is 11.3 Å². The minimum atomic E-state index is -0.510. The van der Waals surface area contributed by atoms with Gasteiger partial charge in [0.15, 0.2) is 0 Å². The van der Waals surface area contributed by atoms with Crippen molar-refractivity contribution in [1.82, 2.24) is 10.4 Å². The van der Waals surface area contributed by atoms with E-state index in [4.69, 9.17) is 11.6 Å². The van der Waals surface area contributed by atoms with Gasteiger partial charge in [0.1, 0.15) is 5.82 Å². The number of hydrogen-bond acceptors (Lipinski definition) is 3. The maximum absolute atomic E-state index is 13.7. The van der Waals surface area contributed by atoms with E-state index in [2.05, 4.69) is 15.5 Å². The summed E-state index contributed by atoms with van der Waals surface area (Å²) < 4.78 is 13.7. The molecule has 3 rings (SSSR count). The highest BCUT2D eigenvalue weighted by molar-refractivity contribution is 6.33. The predicted molar refractivity (Wildman–Crippen MR) is 97.7 cm³/mol. The number of rotatable bonds is 3. The normalized spacial score (nSPS) is 11.2. The summed E-state index contributed by atoms with van der Waals surface area (Å²) in [6.45, 7) is 3.73. The lowest BCUT2D eigenvalue weighted by Gasteiger charge is -2.07. The van der Waals surface area contributed by atoms with Crippen LogP contribution in [0.2, 0.25) is 5.02 Å². The van der Waals surface area contributed by atoms with E-state index < -0.39 is 11.7 Å². The van der Waals surface area contributed by atoms with Crippen LogP contribution in [0.3, 0.4) is 0 Å². The third-order valence-corrected chi connectivity index (χ3v) is 4.09. The lowest BCUT2D eigenvalue weighted by atomic mass is 10.1. The van der Waals surface area contributed by atoms with Crippen LogP contribution in [0, 0.1) is 19.7 Å². The Bertz CT molecular complexity index is 981. The molecule has 126 valence electrons. The Morgan fingerprint density at radius 1 is 1.24 bits per heavy atom. The highest BCUT2D eigenvalue weighted by Gasteiger charge is 2.11. The number of amides is 1. The van der Waals surface area contributed by atoms with Crippen molar-refractivity contribution >= 4 is 34.6 Å². The zero-order chi connectivity index (χ0) is 18.0. The summed E-state index contributed by atoms with van der Waals surface area (Å²) in [6, 6.07) is 11.9. The molecule has 0 aliphatic carbocycles. The van der Waals surface area contributed by atoms with Crippen molar-refractivity contribution in [1.29, 1.82) is 0 Å². The van der Waals surface area contributed by atoms with Gasteiger partial charge in [0.2, 0.25) is 0 Å². The SMILES string of the molecule is Cc1ccc2nc(C)c(C(=O)NN=Cc3c(F)cccc3Cl)cc2c1. The molecule has 1 N–H and O–H groups in total. The molecule has 0 aliphatic heterocycles. The average molecular weight is 356 g/mol. The number of pyridine rings is 1. The smallest absolute Gasteiger partial charge is 0.267 e. The van der Waals surface area contributed by atoms with E-state index in [1.807, 2.05) is 25.1 Å². The summed E-state index contributed by atoms with van der Waals surface area (Å²) in [5, 5.41) is 4.89. The summed E-state index contributed by atoms with van der Waals surface area (Å²) in [5.74, 6) is -0.929. The number of nitrogens with one attached hydrogen (secondary N) is 1. The first-order chi connectivity index (χ1) is 12.0. The van der Waals surface area contributed by atoms with Crippen molar-refractivity contribution in [3.05, 3.63) is 75.7 Å². The highest BCUT2D eigenvalue weighted by Crippen LogP contribution is 2.19. The van der Waals surface area contributed by atoms with E-state index in [9.17, 15) is 9.18 Å². The molecular formula is C19H15ClFN3O. The summed E-state index contributed by atoms with van der Waals surface area (Å²) in [4.78, 5) is 16.8. The van der Waals surface area contributed by atoms with Gasteiger partial charge < -0.3 is 0 Å². The molecule has 0 spiro atoms. The molecule has 0 saturated heterocycles. The molecule has 1 heterocycles. The lowest BCUT2D eigenvalue weighted by molar-refractivity contribution is 0.0954. The lowest BCUT2D eigenvalue weighted by Crippen LogP contribution is -2.19. The van der Waals surface area contributed by atoms with Gasteiger partial charge in [-0.25, -0.2) is 9.82 Å². The Balaban J connectivity index is 1.85. The van der Waals surface area contributed by atoms with Crippen molar-refractivity contribution in [3.63, 3.8) is 0 Å². The minimum absolute atomic E-state index is 0.119. The zero-order valence-electron chi connectivity index (χ0n) is 13.7. The second kappa shape index (κ2) is 6.99. The zero-order valence-corrected chi connectivity index (χ0v) is 14.4. The number of aromatic nitrogens is 1. The first-order valence-electron chi connectivity index (χ1n) is 7.61. The maximum Gasteiger partial charge on any atom is 0.273 e. The molecule has 25 heavy (non-hydrogen) atoms. The number of carbonyl (C=O) groups excluding carboxylic acids is 1. The average Bonchev–Trinajstić information content (AvgIpc) is 2.57. The molecule has 0 bridgehead atoms. The number of hydrazone groups is 1. The Labute approximate surface area is 149 Å². The van der Waals surface area contributed by atoms with Gasteiger partial charge in [0.25, 0.3) is 5.91 Å². The number of carbonyl (C=O) groups is 1. The molecule has 1 aromatic heterocycles. The number of fused-ring (bicyclic) bond motifs is 1. The van der Waals surface area contributed by atoms with Crippen molar-refractivity contribution in [2.75, 3.05) is 0 Å². The summed E-state index contributed by atoms with van der Waals surface area (Å²) >= 11 is 5.91. The molecule has 0 aliphatic rings. The number of hydrogen-bond donors (Lipinski definition) is 1. The van der Waals surface area contributed by atoms with Crippen LogP contribution in [0.25, 0.3) is 10.9 Å². The number of nitrogens with zero attached hydrogens (tertiary/aromatic N) is 2. The molecule has 6 heteroatoms. The topological polar surface area (TPSA) is 54.4 Å². The van der Waals surface area contributed by atoms with Crippen LogP contribution in [0.5, 0.6) is 0 Å². The van der Waals surface area contributed by atoms with Crippen molar-refractivity contribution in [3.8, 4) is 0 Å². The van der Waals surface area contributed by atoms with Crippen LogP contribution >= 0.6 is 11.6 Å². The molecule has 0 fully saturated rings. The summed E-state index contributed by atoms with van der Waals surface area (Å²) in [6.07, 6.45) is 1.18. The molecular weight excluding hydrogens is 341 g/mol. The van der Waals surface area contributed by atoms with Gasteiger partial charge in [-0.15, -0.1) is 0 Å². The van der Waals surface area contributed by atoms with Crippen molar-refractivity contribution in [2.45, 2.75) is 13.8 Å². The standard InChI is InChI=1S/C19H15ClFN3O/c1-11-6-7-18-13(8-11)9-14(12(2)23-18)19(25)24-22-10-15-16(20)4-3-5-17(15)21/h3-10H,1-2H3,(H,24,25). The highest BCUT2D eigenvalue weighted by atomic mass is 35.5. The van der Waals surface area contributed by atoms with Crippen LogP contribution in [0.15, 0.2) is 47.6 Å². The Kier molecular flexibility index (Phi) is 4.76. The fraction of sp³-hybridized carbons (Fsp3) is 0.105. The van der Waals surface area contributed by atoms with Gasteiger partial charge in [-0.3, -0.25) is 9.78 Å². The van der Waals surface area contributed by atoms with Gasteiger partial charge in [-0.1, -0.05) is 29.3 Å². The molecule has 4 nitrogen and oxygen atoms in total. The van der Waals surface area contributed by atoms with Gasteiger partial charge >= 0.3 is 0 Å². The Morgan fingerprint density at radius 2 is 2.04 bits per heavy atom. The van der Waals surface area contributed by atoms with Gasteiger partial charge in [-0.05, 0) is 44.2 Å². The van der Waals surface area contributed by atoms with Crippen LogP contribution < -0.4 is 5.43 Å². The van der Waals surface area contributed by atoms with Crippen molar-refractivity contribution in [2.24, 2.45) is 5.10 Å². The molecule has 2 aromatic carbocycles. The monoisotopic (exact) mass is 355 g/mol. The third kappa shape index (κ3) is 3.67. The Morgan fingerprint density at radius 3 is 2.80 bits per heavy atom. The molecule has 0 saturated carbocycles. The largest absolute Gasteiger partial charge is 0.273 e. The van der Waals surface area contributed by atoms with Crippen LogP contribution in [0.1, 0.15) is 27.2 Å². The molecule has 0 unspecified atom stereocenters. The van der Waals surface area contributed by atoms with E-state index in [-0.39, 0.29) is 10.6 Å². The fourth-order valence-electron chi connectivity index (χ4n) is 2.47. The van der Waals surface area contributed by atoms with E-state index in [0.717, 1.165) is 16.5 Å². The van der Waals surface area contributed by atoms with E-state index in [1.54, 1.807) is 19.1 Å². The first kappa shape index (κ1) is 17.0. The van der Waals surface area contributed by atoms with Crippen molar-refractivity contribution < 1.29 is 9.18 Å². The quantitative estimate of drug-likeness (QED) is 0.559. The van der Waals surface area contributed by atoms with E-state index in [1.165, 1.54) is 18.3 Å². The number of benzene rings is 2. The number of halogens is 2. The molecule has 3 aromatic rings. The summed E-state index contributed by atoms with van der Waals surface area (Å²) in [7, 11) is 0. The Hall–Kier alpha value is -2.79. The van der Waals surface area contributed by atoms with Crippen LogP contribution in [0.4, 0.5) is 4.39 Å². The third-order valence-electron chi connectivity index (χ3n) is 3.76. The second-order valence-electron chi connectivity index (χ2n) is 5.65. The summed E-state index contributed by atoms with van der Waals surface area (Å²) in [5.41, 5.74) is 5.41. The van der Waals surface area contributed by atoms with Gasteiger partial charge in [0, 0.05) is 10.9 Å². The van der Waals surface area contributed by atoms with Gasteiger partial charge in [-0.2, -0.15) is 5.10 Å². The fourth-order valence-corrected chi connectivity index (χ4v) is 2.68. The first-order valence-corrected chi connectivity index (χ1v) is 7.99. The number of aryl methyl sites for hydroxylation is 2.